The highest BCUT2D eigenvalue weighted by molar-refractivity contribution is 6.32. The van der Waals surface area contributed by atoms with Crippen LogP contribution in [0.1, 0.15) is 12.8 Å². The van der Waals surface area contributed by atoms with E-state index in [0.29, 0.717) is 23.1 Å². The molecule has 4 rings (SSSR count). The van der Waals surface area contributed by atoms with Crippen LogP contribution in [-0.4, -0.2) is 40.4 Å². The largest absolute Gasteiger partial charge is 0.351 e. The van der Waals surface area contributed by atoms with E-state index in [0.717, 1.165) is 29.7 Å². The Morgan fingerprint density at radius 1 is 1.07 bits per heavy atom. The molecular formula is C22H21ClN4O. The Balaban J connectivity index is 1.60. The van der Waals surface area contributed by atoms with Gasteiger partial charge in [-0.1, -0.05) is 60.1 Å². The van der Waals surface area contributed by atoms with Crippen molar-refractivity contribution in [2.75, 3.05) is 18.9 Å². The number of benzene rings is 2. The molecule has 2 heterocycles. The highest BCUT2D eigenvalue weighted by Crippen LogP contribution is 2.30. The van der Waals surface area contributed by atoms with Gasteiger partial charge in [0.05, 0.1) is 16.9 Å². The molecule has 6 heteroatoms. The molecule has 0 bridgehead atoms. The maximum Gasteiger partial charge on any atom is 0.224 e. The summed E-state index contributed by atoms with van der Waals surface area (Å²) in [4.78, 5) is 22.6. The second-order valence-electron chi connectivity index (χ2n) is 6.99. The van der Waals surface area contributed by atoms with Gasteiger partial charge in [0.25, 0.3) is 0 Å². The Hall–Kier alpha value is -2.92. The van der Waals surface area contributed by atoms with E-state index in [2.05, 4.69) is 39.6 Å². The maximum absolute atomic E-state index is 11.9. The van der Waals surface area contributed by atoms with Crippen LogP contribution in [0.2, 0.25) is 5.02 Å². The van der Waals surface area contributed by atoms with Gasteiger partial charge in [0.1, 0.15) is 0 Å². The lowest BCUT2D eigenvalue weighted by Gasteiger charge is -2.29. The molecule has 0 spiro atoms. The summed E-state index contributed by atoms with van der Waals surface area (Å²) in [7, 11) is 1.83. The Morgan fingerprint density at radius 3 is 2.61 bits per heavy atom. The minimum absolute atomic E-state index is 0.0355. The highest BCUT2D eigenvalue weighted by Gasteiger charge is 2.24. The molecule has 1 atom stereocenters. The number of rotatable bonds is 4. The highest BCUT2D eigenvalue weighted by atomic mass is 35.5. The van der Waals surface area contributed by atoms with Crippen LogP contribution in [0.25, 0.3) is 22.4 Å². The lowest BCUT2D eigenvalue weighted by Crippen LogP contribution is -2.41. The molecule has 5 nitrogen and oxygen atoms in total. The molecule has 1 aliphatic rings. The van der Waals surface area contributed by atoms with Gasteiger partial charge in [-0.3, -0.25) is 4.79 Å². The first kappa shape index (κ1) is 18.4. The predicted molar refractivity (Wildman–Crippen MR) is 112 cm³/mol. The van der Waals surface area contributed by atoms with E-state index >= 15 is 0 Å². The number of halogens is 1. The average molecular weight is 393 g/mol. The quantitative estimate of drug-likeness (QED) is 0.710. The molecule has 1 aromatic heterocycles. The van der Waals surface area contributed by atoms with Gasteiger partial charge >= 0.3 is 0 Å². The number of hydrogen-bond donors (Lipinski definition) is 1. The molecule has 1 unspecified atom stereocenters. The summed E-state index contributed by atoms with van der Waals surface area (Å²) in [5, 5.41) is 3.78. The number of carbonyl (C=O) groups is 1. The first-order valence-corrected chi connectivity index (χ1v) is 9.67. The number of carbonyl (C=O) groups excluding carboxylic acids is 1. The predicted octanol–water partition coefficient (Wildman–Crippen LogP) is 4.50. The SMILES string of the molecule is CN1CCC(Nc2ncc(Cl)c(-c3cccc(-c4ccccc4)c3)n2)CC1=O. The summed E-state index contributed by atoms with van der Waals surface area (Å²) in [6.45, 7) is 0.732. The van der Waals surface area contributed by atoms with Crippen molar-refractivity contribution >= 4 is 23.5 Å². The van der Waals surface area contributed by atoms with Gasteiger partial charge in [-0.05, 0) is 23.6 Å². The molecule has 3 aromatic rings. The summed E-state index contributed by atoms with van der Waals surface area (Å²) in [5.41, 5.74) is 3.84. The summed E-state index contributed by atoms with van der Waals surface area (Å²) in [6, 6.07) is 18.4. The van der Waals surface area contributed by atoms with E-state index in [9.17, 15) is 4.79 Å². The zero-order chi connectivity index (χ0) is 19.5. The standard InChI is InChI=1S/C22H21ClN4O/c1-27-11-10-18(13-20(27)28)25-22-24-14-19(23)21(26-22)17-9-5-8-16(12-17)15-6-3-2-4-7-15/h2-9,12,14,18H,10-11,13H2,1H3,(H,24,25,26). The van der Waals surface area contributed by atoms with Crippen LogP contribution in [-0.2, 0) is 4.79 Å². The lowest BCUT2D eigenvalue weighted by molar-refractivity contribution is -0.132. The van der Waals surface area contributed by atoms with E-state index in [-0.39, 0.29) is 11.9 Å². The third-order valence-electron chi connectivity index (χ3n) is 4.98. The molecule has 1 fully saturated rings. The third-order valence-corrected chi connectivity index (χ3v) is 5.26. The Morgan fingerprint density at radius 2 is 1.82 bits per heavy atom. The van der Waals surface area contributed by atoms with Crippen LogP contribution < -0.4 is 5.32 Å². The van der Waals surface area contributed by atoms with Crippen molar-refractivity contribution in [1.82, 2.24) is 14.9 Å². The summed E-state index contributed by atoms with van der Waals surface area (Å²) >= 11 is 6.40. The third kappa shape index (κ3) is 3.99. The zero-order valence-electron chi connectivity index (χ0n) is 15.6. The molecule has 1 saturated heterocycles. The van der Waals surface area contributed by atoms with Crippen molar-refractivity contribution in [3.63, 3.8) is 0 Å². The number of likely N-dealkylation sites (tertiary alicyclic amines) is 1. The zero-order valence-corrected chi connectivity index (χ0v) is 16.4. The molecule has 0 saturated carbocycles. The number of piperidine rings is 1. The van der Waals surface area contributed by atoms with Crippen molar-refractivity contribution in [2.45, 2.75) is 18.9 Å². The van der Waals surface area contributed by atoms with Crippen LogP contribution in [0.15, 0.2) is 60.8 Å². The van der Waals surface area contributed by atoms with E-state index in [1.807, 2.05) is 37.4 Å². The Bertz CT molecular complexity index is 993. The maximum atomic E-state index is 11.9. The molecule has 1 N–H and O–H groups in total. The molecule has 0 aliphatic carbocycles. The Labute approximate surface area is 169 Å². The summed E-state index contributed by atoms with van der Waals surface area (Å²) in [5.74, 6) is 0.625. The van der Waals surface area contributed by atoms with Crippen LogP contribution in [0.3, 0.4) is 0 Å². The monoisotopic (exact) mass is 392 g/mol. The molecule has 0 radical (unpaired) electrons. The van der Waals surface area contributed by atoms with Gasteiger partial charge in [0, 0.05) is 31.6 Å². The average Bonchev–Trinajstić information content (AvgIpc) is 2.73. The smallest absolute Gasteiger partial charge is 0.224 e. The van der Waals surface area contributed by atoms with Gasteiger partial charge < -0.3 is 10.2 Å². The minimum atomic E-state index is 0.0355. The molecule has 28 heavy (non-hydrogen) atoms. The van der Waals surface area contributed by atoms with Crippen molar-refractivity contribution in [2.24, 2.45) is 0 Å². The van der Waals surface area contributed by atoms with Crippen LogP contribution in [0.4, 0.5) is 5.95 Å². The van der Waals surface area contributed by atoms with Crippen molar-refractivity contribution in [1.29, 1.82) is 0 Å². The number of nitrogens with one attached hydrogen (secondary N) is 1. The van der Waals surface area contributed by atoms with Gasteiger partial charge in [-0.25, -0.2) is 9.97 Å². The number of anilines is 1. The topological polar surface area (TPSA) is 58.1 Å². The molecule has 142 valence electrons. The molecular weight excluding hydrogens is 372 g/mol. The number of aromatic nitrogens is 2. The first-order valence-electron chi connectivity index (χ1n) is 9.29. The fourth-order valence-electron chi connectivity index (χ4n) is 3.36. The lowest BCUT2D eigenvalue weighted by atomic mass is 10.0. The van der Waals surface area contributed by atoms with Crippen LogP contribution in [0.5, 0.6) is 0 Å². The minimum Gasteiger partial charge on any atom is -0.351 e. The number of nitrogens with zero attached hydrogens (tertiary/aromatic N) is 3. The van der Waals surface area contributed by atoms with Crippen molar-refractivity contribution in [3.8, 4) is 22.4 Å². The fraction of sp³-hybridized carbons (Fsp3) is 0.227. The van der Waals surface area contributed by atoms with Gasteiger partial charge in [0.15, 0.2) is 0 Å². The van der Waals surface area contributed by atoms with E-state index in [1.54, 1.807) is 11.1 Å². The number of hydrogen-bond acceptors (Lipinski definition) is 4. The molecule has 2 aromatic carbocycles. The van der Waals surface area contributed by atoms with Crippen molar-refractivity contribution < 1.29 is 4.79 Å². The van der Waals surface area contributed by atoms with E-state index in [1.165, 1.54) is 0 Å². The van der Waals surface area contributed by atoms with Crippen LogP contribution >= 0.6 is 11.6 Å². The van der Waals surface area contributed by atoms with Crippen molar-refractivity contribution in [3.05, 3.63) is 65.8 Å². The molecule has 1 amide bonds. The second kappa shape index (κ2) is 7.98. The van der Waals surface area contributed by atoms with Gasteiger partial charge in [-0.15, -0.1) is 0 Å². The fourth-order valence-corrected chi connectivity index (χ4v) is 3.56. The second-order valence-corrected chi connectivity index (χ2v) is 7.39. The van der Waals surface area contributed by atoms with E-state index in [4.69, 9.17) is 11.6 Å². The number of amides is 1. The Kier molecular flexibility index (Phi) is 5.26. The molecule has 1 aliphatic heterocycles. The normalized spacial score (nSPS) is 16.9. The van der Waals surface area contributed by atoms with Gasteiger partial charge in [-0.2, -0.15) is 0 Å². The van der Waals surface area contributed by atoms with E-state index < -0.39 is 0 Å². The van der Waals surface area contributed by atoms with Gasteiger partial charge in [0.2, 0.25) is 11.9 Å². The van der Waals surface area contributed by atoms with Crippen LogP contribution in [0, 0.1) is 0 Å². The first-order chi connectivity index (χ1) is 13.6. The summed E-state index contributed by atoms with van der Waals surface area (Å²) < 4.78 is 0. The summed E-state index contributed by atoms with van der Waals surface area (Å²) in [6.07, 6.45) is 2.92.